The van der Waals surface area contributed by atoms with E-state index in [0.29, 0.717) is 42.5 Å². The van der Waals surface area contributed by atoms with Gasteiger partial charge in [-0.2, -0.15) is 0 Å². The number of benzene rings is 1. The molecule has 0 fully saturated rings. The van der Waals surface area contributed by atoms with Crippen molar-refractivity contribution >= 4 is 28.9 Å². The minimum atomic E-state index is -1.14. The van der Waals surface area contributed by atoms with Gasteiger partial charge in [0.25, 0.3) is 5.91 Å². The van der Waals surface area contributed by atoms with Crippen molar-refractivity contribution in [1.29, 1.82) is 0 Å². The fraction of sp³-hybridized carbons (Fsp3) is 0.190. The van der Waals surface area contributed by atoms with Gasteiger partial charge in [0, 0.05) is 27.7 Å². The van der Waals surface area contributed by atoms with Crippen LogP contribution < -0.4 is 14.4 Å². The van der Waals surface area contributed by atoms with E-state index < -0.39 is 5.97 Å². The van der Waals surface area contributed by atoms with Gasteiger partial charge in [-0.25, -0.2) is 9.78 Å². The third kappa shape index (κ3) is 4.07. The van der Waals surface area contributed by atoms with Crippen molar-refractivity contribution in [1.82, 2.24) is 4.98 Å². The van der Waals surface area contributed by atoms with E-state index in [-0.39, 0.29) is 11.6 Å². The number of rotatable bonds is 5. The lowest BCUT2D eigenvalue weighted by atomic mass is 10.2. The number of carboxylic acid groups (broad SMARTS) is 1. The zero-order valence-electron chi connectivity index (χ0n) is 15.6. The molecule has 7 nitrogen and oxygen atoms in total. The molecule has 3 heterocycles. The second-order valence-corrected chi connectivity index (χ2v) is 7.84. The second kappa shape index (κ2) is 7.92. The molecule has 0 atom stereocenters. The first kappa shape index (κ1) is 18.9. The molecule has 0 bridgehead atoms. The summed E-state index contributed by atoms with van der Waals surface area (Å²) in [7, 11) is 0. The summed E-state index contributed by atoms with van der Waals surface area (Å²) < 4.78 is 11.2. The van der Waals surface area contributed by atoms with Gasteiger partial charge in [0.15, 0.2) is 11.5 Å². The van der Waals surface area contributed by atoms with Crippen molar-refractivity contribution in [3.05, 3.63) is 69.7 Å². The standard InChI is InChI=1S/C21H18N2O5S/c1-13-2-5-16(29-13)12-23(15-4-7-18-19(10-15)28-9-8-27-18)20(24)14-3-6-17(21(25)26)22-11-14/h2-7,10-11H,8-9,12H2,1H3,(H,25,26). The van der Waals surface area contributed by atoms with Crippen molar-refractivity contribution in [2.24, 2.45) is 0 Å². The lowest BCUT2D eigenvalue weighted by Crippen LogP contribution is -2.30. The van der Waals surface area contributed by atoms with Crippen LogP contribution in [-0.2, 0) is 6.54 Å². The van der Waals surface area contributed by atoms with Gasteiger partial charge >= 0.3 is 5.97 Å². The minimum Gasteiger partial charge on any atom is -0.486 e. The first-order valence-corrected chi connectivity index (χ1v) is 9.79. The number of pyridine rings is 1. The van der Waals surface area contributed by atoms with Crippen LogP contribution in [0.4, 0.5) is 5.69 Å². The van der Waals surface area contributed by atoms with Gasteiger partial charge in [0.2, 0.25) is 0 Å². The van der Waals surface area contributed by atoms with E-state index >= 15 is 0 Å². The Labute approximate surface area is 171 Å². The molecule has 0 aliphatic carbocycles. The first-order chi connectivity index (χ1) is 14.0. The normalized spacial score (nSPS) is 12.4. The minimum absolute atomic E-state index is 0.110. The van der Waals surface area contributed by atoms with E-state index in [1.54, 1.807) is 28.4 Å². The number of aromatic carboxylic acids is 1. The van der Waals surface area contributed by atoms with Crippen molar-refractivity contribution in [3.8, 4) is 11.5 Å². The highest BCUT2D eigenvalue weighted by molar-refractivity contribution is 7.11. The van der Waals surface area contributed by atoms with Crippen LogP contribution in [0.25, 0.3) is 0 Å². The number of aryl methyl sites for hydroxylation is 1. The van der Waals surface area contributed by atoms with Gasteiger partial charge in [-0.3, -0.25) is 4.79 Å². The number of amides is 1. The van der Waals surface area contributed by atoms with Gasteiger partial charge in [0.1, 0.15) is 18.9 Å². The summed E-state index contributed by atoms with van der Waals surface area (Å²) in [5.41, 5.74) is 0.854. The Bertz CT molecular complexity index is 1060. The highest BCUT2D eigenvalue weighted by Gasteiger charge is 2.22. The number of carbonyl (C=O) groups is 2. The second-order valence-electron chi connectivity index (χ2n) is 6.47. The molecule has 29 heavy (non-hydrogen) atoms. The number of fused-ring (bicyclic) bond motifs is 1. The number of hydrogen-bond acceptors (Lipinski definition) is 6. The number of thiophene rings is 1. The summed E-state index contributed by atoms with van der Waals surface area (Å²) in [5, 5.41) is 9.03. The Morgan fingerprint density at radius 3 is 2.55 bits per heavy atom. The molecule has 0 radical (unpaired) electrons. The van der Waals surface area contributed by atoms with Crippen LogP contribution in [0.5, 0.6) is 11.5 Å². The lowest BCUT2D eigenvalue weighted by molar-refractivity contribution is 0.0690. The predicted molar refractivity (Wildman–Crippen MR) is 108 cm³/mol. The van der Waals surface area contributed by atoms with Crippen molar-refractivity contribution in [3.63, 3.8) is 0 Å². The third-order valence-corrected chi connectivity index (χ3v) is 5.41. The average molecular weight is 410 g/mol. The van der Waals surface area contributed by atoms with Gasteiger partial charge in [-0.05, 0) is 43.3 Å². The summed E-state index contributed by atoms with van der Waals surface area (Å²) >= 11 is 1.62. The molecule has 4 rings (SSSR count). The van der Waals surface area contributed by atoms with E-state index in [1.165, 1.54) is 18.3 Å². The number of carboxylic acids is 1. The molecule has 148 valence electrons. The smallest absolute Gasteiger partial charge is 0.354 e. The van der Waals surface area contributed by atoms with Gasteiger partial charge < -0.3 is 19.5 Å². The zero-order chi connectivity index (χ0) is 20.4. The molecule has 0 unspecified atom stereocenters. The summed E-state index contributed by atoms with van der Waals surface area (Å²) in [6, 6.07) is 12.2. The van der Waals surface area contributed by atoms with Crippen LogP contribution in [0.2, 0.25) is 0 Å². The molecule has 1 aliphatic rings. The Balaban J connectivity index is 1.69. The van der Waals surface area contributed by atoms with Crippen LogP contribution >= 0.6 is 11.3 Å². The molecule has 0 saturated heterocycles. The number of aromatic nitrogens is 1. The quantitative estimate of drug-likeness (QED) is 0.689. The highest BCUT2D eigenvalue weighted by atomic mass is 32.1. The largest absolute Gasteiger partial charge is 0.486 e. The van der Waals surface area contributed by atoms with Crippen LogP contribution in [0.15, 0.2) is 48.7 Å². The maximum absolute atomic E-state index is 13.3. The SMILES string of the molecule is Cc1ccc(CN(C(=O)c2ccc(C(=O)O)nc2)c2ccc3c(c2)OCCO3)s1. The van der Waals surface area contributed by atoms with E-state index in [2.05, 4.69) is 4.98 Å². The topological polar surface area (TPSA) is 89.0 Å². The molecule has 1 amide bonds. The van der Waals surface area contributed by atoms with Crippen LogP contribution in [0, 0.1) is 6.92 Å². The summed E-state index contributed by atoms with van der Waals surface area (Å²) in [6.07, 6.45) is 1.29. The van der Waals surface area contributed by atoms with Crippen LogP contribution in [-0.4, -0.2) is 35.2 Å². The zero-order valence-corrected chi connectivity index (χ0v) is 16.4. The number of nitrogens with zero attached hydrogens (tertiary/aromatic N) is 2. The Morgan fingerprint density at radius 1 is 1.10 bits per heavy atom. The molecule has 0 spiro atoms. The number of ether oxygens (including phenoxy) is 2. The Morgan fingerprint density at radius 2 is 1.90 bits per heavy atom. The molecule has 1 aliphatic heterocycles. The molecular weight excluding hydrogens is 392 g/mol. The average Bonchev–Trinajstić information content (AvgIpc) is 3.16. The number of anilines is 1. The first-order valence-electron chi connectivity index (χ1n) is 8.97. The number of hydrogen-bond donors (Lipinski definition) is 1. The van der Waals surface area contributed by atoms with Gasteiger partial charge in [-0.1, -0.05) is 0 Å². The predicted octanol–water partition coefficient (Wildman–Crippen LogP) is 3.77. The molecule has 0 saturated carbocycles. The molecular formula is C21H18N2O5S. The fourth-order valence-electron chi connectivity index (χ4n) is 3.01. The molecule has 3 aromatic rings. The van der Waals surface area contributed by atoms with E-state index in [0.717, 1.165) is 9.75 Å². The molecule has 1 N–H and O–H groups in total. The highest BCUT2D eigenvalue weighted by Crippen LogP contribution is 2.35. The van der Waals surface area contributed by atoms with Crippen LogP contribution in [0.1, 0.15) is 30.6 Å². The number of carbonyl (C=O) groups excluding carboxylic acids is 1. The maximum atomic E-state index is 13.3. The summed E-state index contributed by atoms with van der Waals surface area (Å²) in [4.78, 5) is 32.0. The van der Waals surface area contributed by atoms with Crippen LogP contribution in [0.3, 0.4) is 0 Å². The summed E-state index contributed by atoms with van der Waals surface area (Å²) in [5.74, 6) is -0.181. The van der Waals surface area contributed by atoms with E-state index in [4.69, 9.17) is 14.6 Å². The molecule has 2 aromatic heterocycles. The third-order valence-electron chi connectivity index (χ3n) is 4.42. The lowest BCUT2D eigenvalue weighted by Gasteiger charge is -2.25. The van der Waals surface area contributed by atoms with E-state index in [9.17, 15) is 9.59 Å². The maximum Gasteiger partial charge on any atom is 0.354 e. The van der Waals surface area contributed by atoms with Crippen molar-refractivity contribution < 1.29 is 24.2 Å². The van der Waals surface area contributed by atoms with E-state index in [1.807, 2.05) is 25.1 Å². The summed E-state index contributed by atoms with van der Waals surface area (Å²) in [6.45, 7) is 3.33. The Hall–Kier alpha value is -3.39. The Kier molecular flexibility index (Phi) is 5.18. The molecule has 8 heteroatoms. The fourth-order valence-corrected chi connectivity index (χ4v) is 3.89. The van der Waals surface area contributed by atoms with Crippen molar-refractivity contribution in [2.75, 3.05) is 18.1 Å². The molecule has 1 aromatic carbocycles. The van der Waals surface area contributed by atoms with Crippen molar-refractivity contribution in [2.45, 2.75) is 13.5 Å². The monoisotopic (exact) mass is 410 g/mol. The van der Waals surface area contributed by atoms with Gasteiger partial charge in [-0.15, -0.1) is 11.3 Å². The van der Waals surface area contributed by atoms with Gasteiger partial charge in [0.05, 0.1) is 12.1 Å².